The van der Waals surface area contributed by atoms with Crippen LogP contribution in [0.3, 0.4) is 0 Å². The summed E-state index contributed by atoms with van der Waals surface area (Å²) in [5.41, 5.74) is 1.54. The van der Waals surface area contributed by atoms with E-state index >= 15 is 0 Å². The van der Waals surface area contributed by atoms with E-state index < -0.39 is 10.0 Å². The van der Waals surface area contributed by atoms with E-state index in [1.165, 1.54) is 24.3 Å². The Hall–Kier alpha value is -2.49. The van der Waals surface area contributed by atoms with Crippen LogP contribution in [-0.2, 0) is 14.8 Å². The lowest BCUT2D eigenvalue weighted by molar-refractivity contribution is -0.114. The van der Waals surface area contributed by atoms with Gasteiger partial charge in [-0.15, -0.1) is 0 Å². The second-order valence-electron chi connectivity index (χ2n) is 6.23. The molecule has 0 spiro atoms. The molecule has 3 aromatic rings. The molecular weight excluding hydrogens is 398 g/mol. The molecule has 9 heteroatoms. The molecule has 7 nitrogen and oxygen atoms in total. The maximum atomic E-state index is 12.8. The fourth-order valence-electron chi connectivity index (χ4n) is 2.73. The molecule has 1 aromatic carbocycles. The smallest absolute Gasteiger partial charge is 0.274 e. The summed E-state index contributed by atoms with van der Waals surface area (Å²) in [6.45, 7) is 5.09. The van der Waals surface area contributed by atoms with Gasteiger partial charge in [-0.2, -0.15) is 0 Å². The Morgan fingerprint density at radius 3 is 2.57 bits per heavy atom. The number of carbonyl (C=O) groups is 1. The molecule has 0 saturated heterocycles. The molecule has 0 aliphatic rings. The number of nitrogens with zero attached hydrogens (tertiary/aromatic N) is 1. The van der Waals surface area contributed by atoms with E-state index in [-0.39, 0.29) is 17.0 Å². The second-order valence-corrected chi connectivity index (χ2v) is 8.87. The summed E-state index contributed by atoms with van der Waals surface area (Å²) < 4.78 is 33.9. The number of anilines is 1. The van der Waals surface area contributed by atoms with Gasteiger partial charge < -0.3 is 9.73 Å². The highest BCUT2D eigenvalue weighted by atomic mass is 32.2. The number of thiazole rings is 1. The molecule has 0 bridgehead atoms. The molecule has 1 atom stereocenters. The van der Waals surface area contributed by atoms with Crippen molar-refractivity contribution >= 4 is 32.4 Å². The number of nitrogens with one attached hydrogen (secondary N) is 2. The first-order chi connectivity index (χ1) is 13.3. The van der Waals surface area contributed by atoms with E-state index in [0.717, 1.165) is 5.56 Å². The van der Waals surface area contributed by atoms with Gasteiger partial charge in [0, 0.05) is 13.0 Å². The number of sulfonamides is 1. The Morgan fingerprint density at radius 2 is 1.93 bits per heavy atom. The van der Waals surface area contributed by atoms with Crippen molar-refractivity contribution in [1.29, 1.82) is 0 Å². The standard InChI is InChI=1S/C19H21N3O4S2/c1-4-15(14-8-6-5-7-9-14)22-28(24,25)17-11-10-16(26-17)18-12(2)20-19(27-18)21-13(3)23/h5-11,15,22H,4H2,1-3H3,(H,20,21,23)/t15-/m1/s1. The molecule has 0 aliphatic carbocycles. The van der Waals surface area contributed by atoms with Crippen LogP contribution in [0.1, 0.15) is 37.6 Å². The number of aryl methyl sites for hydroxylation is 1. The third-order valence-corrected chi connectivity index (χ3v) is 6.49. The first-order valence-electron chi connectivity index (χ1n) is 8.72. The Balaban J connectivity index is 1.84. The van der Waals surface area contributed by atoms with Crippen molar-refractivity contribution in [2.45, 2.75) is 38.3 Å². The van der Waals surface area contributed by atoms with E-state index in [1.807, 2.05) is 37.3 Å². The first-order valence-corrected chi connectivity index (χ1v) is 11.0. The first kappa shape index (κ1) is 20.2. The highest BCUT2D eigenvalue weighted by Gasteiger charge is 2.25. The normalized spacial score (nSPS) is 12.7. The molecule has 3 rings (SSSR count). The van der Waals surface area contributed by atoms with Gasteiger partial charge >= 0.3 is 0 Å². The highest BCUT2D eigenvalue weighted by Crippen LogP contribution is 2.35. The summed E-state index contributed by atoms with van der Waals surface area (Å²) in [4.78, 5) is 16.1. The summed E-state index contributed by atoms with van der Waals surface area (Å²) in [5, 5.41) is 2.90. The number of aromatic nitrogens is 1. The summed E-state index contributed by atoms with van der Waals surface area (Å²) in [5.74, 6) is 0.165. The highest BCUT2D eigenvalue weighted by molar-refractivity contribution is 7.89. The number of hydrogen-bond acceptors (Lipinski definition) is 6. The van der Waals surface area contributed by atoms with Crippen molar-refractivity contribution in [1.82, 2.24) is 9.71 Å². The monoisotopic (exact) mass is 419 g/mol. The topological polar surface area (TPSA) is 101 Å². The molecule has 0 fully saturated rings. The predicted octanol–water partition coefficient (Wildman–Crippen LogP) is 4.10. The van der Waals surface area contributed by atoms with Crippen LogP contribution in [0.15, 0.2) is 52.0 Å². The van der Waals surface area contributed by atoms with Gasteiger partial charge in [-0.1, -0.05) is 48.6 Å². The second kappa shape index (κ2) is 8.26. The average Bonchev–Trinajstić information content (AvgIpc) is 3.27. The van der Waals surface area contributed by atoms with E-state index in [1.54, 1.807) is 13.0 Å². The molecule has 2 heterocycles. The zero-order valence-corrected chi connectivity index (χ0v) is 17.4. The van der Waals surface area contributed by atoms with Crippen molar-refractivity contribution < 1.29 is 17.6 Å². The SMILES string of the molecule is CC[C@@H](NS(=O)(=O)c1ccc(-c2sc(NC(C)=O)nc2C)o1)c1ccccc1. The van der Waals surface area contributed by atoms with Crippen LogP contribution in [0.5, 0.6) is 0 Å². The predicted molar refractivity (Wildman–Crippen MR) is 109 cm³/mol. The van der Waals surface area contributed by atoms with Crippen molar-refractivity contribution in [3.63, 3.8) is 0 Å². The van der Waals surface area contributed by atoms with Crippen molar-refractivity contribution in [2.24, 2.45) is 0 Å². The van der Waals surface area contributed by atoms with Gasteiger partial charge in [-0.05, 0) is 31.0 Å². The molecule has 2 N–H and O–H groups in total. The molecule has 2 aromatic heterocycles. The van der Waals surface area contributed by atoms with E-state index in [2.05, 4.69) is 15.0 Å². The van der Waals surface area contributed by atoms with Crippen LogP contribution in [0, 0.1) is 6.92 Å². The summed E-state index contributed by atoms with van der Waals surface area (Å²) in [7, 11) is -3.83. The van der Waals surface area contributed by atoms with Gasteiger partial charge in [0.1, 0.15) is 5.76 Å². The number of furan rings is 1. The molecule has 0 aliphatic heterocycles. The van der Waals surface area contributed by atoms with Crippen molar-refractivity contribution in [2.75, 3.05) is 5.32 Å². The molecule has 0 radical (unpaired) electrons. The quantitative estimate of drug-likeness (QED) is 0.600. The van der Waals surface area contributed by atoms with Gasteiger partial charge in [-0.3, -0.25) is 4.79 Å². The number of benzene rings is 1. The number of rotatable bonds is 7. The maximum absolute atomic E-state index is 12.8. The molecule has 28 heavy (non-hydrogen) atoms. The largest absolute Gasteiger partial charge is 0.442 e. The van der Waals surface area contributed by atoms with Crippen LogP contribution in [0.4, 0.5) is 5.13 Å². The summed E-state index contributed by atoms with van der Waals surface area (Å²) in [6, 6.07) is 12.1. The van der Waals surface area contributed by atoms with Crippen LogP contribution >= 0.6 is 11.3 Å². The molecule has 148 valence electrons. The Kier molecular flexibility index (Phi) is 5.97. The molecule has 0 saturated carbocycles. The minimum absolute atomic E-state index is 0.161. The van der Waals surface area contributed by atoms with Gasteiger partial charge in [-0.25, -0.2) is 18.1 Å². The minimum Gasteiger partial charge on any atom is -0.442 e. The maximum Gasteiger partial charge on any atom is 0.274 e. The van der Waals surface area contributed by atoms with Crippen molar-refractivity contribution in [3.8, 4) is 10.6 Å². The Bertz CT molecular complexity index is 1070. The van der Waals surface area contributed by atoms with Gasteiger partial charge in [0.25, 0.3) is 10.0 Å². The Morgan fingerprint density at radius 1 is 1.21 bits per heavy atom. The zero-order valence-electron chi connectivity index (χ0n) is 15.7. The third-order valence-electron chi connectivity index (χ3n) is 4.06. The fourth-order valence-corrected chi connectivity index (χ4v) is 4.95. The van der Waals surface area contributed by atoms with Crippen LogP contribution in [-0.4, -0.2) is 19.3 Å². The van der Waals surface area contributed by atoms with Crippen LogP contribution in [0.2, 0.25) is 0 Å². The minimum atomic E-state index is -3.83. The summed E-state index contributed by atoms with van der Waals surface area (Å²) >= 11 is 1.23. The lowest BCUT2D eigenvalue weighted by atomic mass is 10.1. The fraction of sp³-hybridized carbons (Fsp3) is 0.263. The van der Waals surface area contributed by atoms with E-state index in [9.17, 15) is 13.2 Å². The van der Waals surface area contributed by atoms with Crippen LogP contribution < -0.4 is 10.0 Å². The van der Waals surface area contributed by atoms with Gasteiger partial charge in [0.15, 0.2) is 5.13 Å². The zero-order chi connectivity index (χ0) is 20.3. The van der Waals surface area contributed by atoms with Gasteiger partial charge in [0.05, 0.1) is 10.6 Å². The number of carbonyl (C=O) groups excluding carboxylic acids is 1. The van der Waals surface area contributed by atoms with E-state index in [0.29, 0.717) is 27.9 Å². The lowest BCUT2D eigenvalue weighted by Gasteiger charge is -2.16. The average molecular weight is 420 g/mol. The number of amides is 1. The van der Waals surface area contributed by atoms with Crippen LogP contribution in [0.25, 0.3) is 10.6 Å². The lowest BCUT2D eigenvalue weighted by Crippen LogP contribution is -2.28. The van der Waals surface area contributed by atoms with Gasteiger partial charge in [0.2, 0.25) is 11.0 Å². The summed E-state index contributed by atoms with van der Waals surface area (Å²) in [6.07, 6.45) is 0.602. The Labute approximate surface area is 167 Å². The molecule has 0 unspecified atom stereocenters. The van der Waals surface area contributed by atoms with E-state index in [4.69, 9.17) is 4.42 Å². The number of hydrogen-bond donors (Lipinski definition) is 2. The third kappa shape index (κ3) is 4.49. The molecule has 1 amide bonds. The van der Waals surface area contributed by atoms with Crippen molar-refractivity contribution in [3.05, 3.63) is 53.7 Å². The molecular formula is C19H21N3O4S2.